The first-order chi connectivity index (χ1) is 15.9. The number of piperidine rings is 1. The molecule has 1 saturated heterocycles. The van der Waals surface area contributed by atoms with Crippen molar-refractivity contribution in [3.8, 4) is 0 Å². The van der Waals surface area contributed by atoms with Crippen LogP contribution in [0.1, 0.15) is 36.3 Å². The number of benzene rings is 2. The highest BCUT2D eigenvalue weighted by molar-refractivity contribution is 6.30. The summed E-state index contributed by atoms with van der Waals surface area (Å²) in [4.78, 5) is 37.2. The number of rotatable bonds is 10. The van der Waals surface area contributed by atoms with Crippen LogP contribution in [-0.4, -0.2) is 48.6 Å². The molecule has 7 nitrogen and oxygen atoms in total. The standard InChI is InChI=1S/C25H30ClN3O4/c26-21-8-6-18(7-9-21)20(16-28-24(31)19-10-12-27-13-11-19)15-23(30)29-22(25(32)33)14-17-4-2-1-3-5-17/h1-9,19-20,22,27H,10-16H2,(H,28,31)(H,29,30)(H,32,33)/t20-,22+/m1/s1. The van der Waals surface area contributed by atoms with Crippen molar-refractivity contribution in [3.05, 3.63) is 70.7 Å². The van der Waals surface area contributed by atoms with Crippen molar-refractivity contribution in [2.45, 2.75) is 37.6 Å². The maximum absolute atomic E-state index is 12.8. The van der Waals surface area contributed by atoms with Crippen LogP contribution in [0.2, 0.25) is 5.02 Å². The topological polar surface area (TPSA) is 108 Å². The molecule has 1 fully saturated rings. The Bertz CT molecular complexity index is 930. The van der Waals surface area contributed by atoms with E-state index in [1.165, 1.54) is 0 Å². The Morgan fingerprint density at radius 3 is 2.33 bits per heavy atom. The number of hydrogen-bond donors (Lipinski definition) is 4. The largest absolute Gasteiger partial charge is 0.480 e. The van der Waals surface area contributed by atoms with Gasteiger partial charge in [-0.15, -0.1) is 0 Å². The van der Waals surface area contributed by atoms with E-state index in [2.05, 4.69) is 16.0 Å². The molecule has 2 aromatic rings. The van der Waals surface area contributed by atoms with Crippen LogP contribution in [0.15, 0.2) is 54.6 Å². The van der Waals surface area contributed by atoms with Crippen molar-refractivity contribution in [2.24, 2.45) is 5.92 Å². The molecular weight excluding hydrogens is 442 g/mol. The molecule has 0 aliphatic carbocycles. The zero-order valence-corrected chi connectivity index (χ0v) is 19.2. The van der Waals surface area contributed by atoms with Crippen molar-refractivity contribution in [1.82, 2.24) is 16.0 Å². The second-order valence-electron chi connectivity index (χ2n) is 8.37. The zero-order valence-electron chi connectivity index (χ0n) is 18.4. The molecule has 0 aromatic heterocycles. The van der Waals surface area contributed by atoms with E-state index in [0.29, 0.717) is 5.02 Å². The SMILES string of the molecule is O=C(C[C@H](CNC(=O)C1CCNCC1)c1ccc(Cl)cc1)N[C@@H](Cc1ccccc1)C(=O)O. The maximum atomic E-state index is 12.8. The van der Waals surface area contributed by atoms with Crippen LogP contribution in [0, 0.1) is 5.92 Å². The summed E-state index contributed by atoms with van der Waals surface area (Å²) in [7, 11) is 0. The highest BCUT2D eigenvalue weighted by Gasteiger charge is 2.25. The van der Waals surface area contributed by atoms with Gasteiger partial charge in [-0.05, 0) is 49.2 Å². The fraction of sp³-hybridized carbons (Fsp3) is 0.400. The quantitative estimate of drug-likeness (QED) is 0.426. The van der Waals surface area contributed by atoms with Gasteiger partial charge in [0.15, 0.2) is 0 Å². The molecule has 3 rings (SSSR count). The predicted octanol–water partition coefficient (Wildman–Crippen LogP) is 2.74. The molecule has 8 heteroatoms. The highest BCUT2D eigenvalue weighted by Crippen LogP contribution is 2.22. The normalized spacial score (nSPS) is 15.9. The highest BCUT2D eigenvalue weighted by atomic mass is 35.5. The van der Waals surface area contributed by atoms with Gasteiger partial charge in [-0.3, -0.25) is 9.59 Å². The van der Waals surface area contributed by atoms with Gasteiger partial charge < -0.3 is 21.1 Å². The summed E-state index contributed by atoms with van der Waals surface area (Å²) in [6.45, 7) is 1.92. The van der Waals surface area contributed by atoms with E-state index in [1.54, 1.807) is 12.1 Å². The number of carbonyl (C=O) groups excluding carboxylic acids is 2. The molecule has 176 valence electrons. The van der Waals surface area contributed by atoms with Gasteiger partial charge in [-0.25, -0.2) is 4.79 Å². The van der Waals surface area contributed by atoms with Gasteiger partial charge in [-0.2, -0.15) is 0 Å². The van der Waals surface area contributed by atoms with Gasteiger partial charge in [-0.1, -0.05) is 54.1 Å². The molecular formula is C25H30ClN3O4. The van der Waals surface area contributed by atoms with E-state index in [0.717, 1.165) is 37.1 Å². The van der Waals surface area contributed by atoms with Crippen LogP contribution in [0.5, 0.6) is 0 Å². The van der Waals surface area contributed by atoms with Crippen molar-refractivity contribution in [1.29, 1.82) is 0 Å². The minimum atomic E-state index is -1.09. The summed E-state index contributed by atoms with van der Waals surface area (Å²) >= 11 is 6.01. The molecule has 0 bridgehead atoms. The molecule has 0 radical (unpaired) electrons. The lowest BCUT2D eigenvalue weighted by Gasteiger charge is -2.24. The number of halogens is 1. The number of carbonyl (C=O) groups is 3. The monoisotopic (exact) mass is 471 g/mol. The van der Waals surface area contributed by atoms with Gasteiger partial charge >= 0.3 is 5.97 Å². The molecule has 33 heavy (non-hydrogen) atoms. The van der Waals surface area contributed by atoms with Crippen LogP contribution in [-0.2, 0) is 20.8 Å². The maximum Gasteiger partial charge on any atom is 0.326 e. The first-order valence-electron chi connectivity index (χ1n) is 11.2. The molecule has 1 aliphatic heterocycles. The summed E-state index contributed by atoms with van der Waals surface area (Å²) in [5.74, 6) is -1.82. The van der Waals surface area contributed by atoms with Crippen LogP contribution < -0.4 is 16.0 Å². The number of carboxylic acid groups (broad SMARTS) is 1. The summed E-state index contributed by atoms with van der Waals surface area (Å²) in [5.41, 5.74) is 1.68. The number of nitrogens with one attached hydrogen (secondary N) is 3. The third-order valence-corrected chi connectivity index (χ3v) is 6.17. The Balaban J connectivity index is 1.64. The lowest BCUT2D eigenvalue weighted by molar-refractivity contribution is -0.141. The van der Waals surface area contributed by atoms with E-state index in [9.17, 15) is 19.5 Å². The Morgan fingerprint density at radius 2 is 1.70 bits per heavy atom. The molecule has 1 heterocycles. The van der Waals surface area contributed by atoms with Gasteiger partial charge in [0.25, 0.3) is 0 Å². The summed E-state index contributed by atoms with van der Waals surface area (Å²) in [6, 6.07) is 15.3. The van der Waals surface area contributed by atoms with Crippen LogP contribution in [0.4, 0.5) is 0 Å². The van der Waals surface area contributed by atoms with Crippen molar-refractivity contribution in [2.75, 3.05) is 19.6 Å². The van der Waals surface area contributed by atoms with Gasteiger partial charge in [0.2, 0.25) is 11.8 Å². The van der Waals surface area contributed by atoms with Crippen molar-refractivity contribution < 1.29 is 19.5 Å². The molecule has 4 N–H and O–H groups in total. The van der Waals surface area contributed by atoms with E-state index < -0.39 is 12.0 Å². The second-order valence-corrected chi connectivity index (χ2v) is 8.81. The molecule has 0 spiro atoms. The lowest BCUT2D eigenvalue weighted by Crippen LogP contribution is -2.44. The molecule has 2 amide bonds. The third kappa shape index (κ3) is 7.87. The van der Waals surface area contributed by atoms with E-state index >= 15 is 0 Å². The molecule has 2 aromatic carbocycles. The average molecular weight is 472 g/mol. The fourth-order valence-electron chi connectivity index (χ4n) is 4.02. The molecule has 2 atom stereocenters. The molecule has 0 unspecified atom stereocenters. The zero-order chi connectivity index (χ0) is 23.6. The van der Waals surface area contributed by atoms with Crippen LogP contribution >= 0.6 is 11.6 Å². The van der Waals surface area contributed by atoms with E-state index in [1.807, 2.05) is 42.5 Å². The van der Waals surface area contributed by atoms with Gasteiger partial charge in [0.05, 0.1) is 0 Å². The first kappa shape index (κ1) is 24.7. The number of amides is 2. The van der Waals surface area contributed by atoms with Gasteiger partial charge in [0, 0.05) is 36.2 Å². The number of hydrogen-bond acceptors (Lipinski definition) is 4. The van der Waals surface area contributed by atoms with E-state index in [4.69, 9.17) is 11.6 Å². The average Bonchev–Trinajstić information content (AvgIpc) is 2.83. The predicted molar refractivity (Wildman–Crippen MR) is 127 cm³/mol. The Hall–Kier alpha value is -2.90. The molecule has 0 saturated carbocycles. The lowest BCUT2D eigenvalue weighted by atomic mass is 9.93. The van der Waals surface area contributed by atoms with Crippen LogP contribution in [0.25, 0.3) is 0 Å². The Labute approximate surface area is 198 Å². The second kappa shape index (κ2) is 12.4. The van der Waals surface area contributed by atoms with Gasteiger partial charge in [0.1, 0.15) is 6.04 Å². The molecule has 1 aliphatic rings. The summed E-state index contributed by atoms with van der Waals surface area (Å²) < 4.78 is 0. The fourth-order valence-corrected chi connectivity index (χ4v) is 4.15. The number of aliphatic carboxylic acids is 1. The van der Waals surface area contributed by atoms with Crippen LogP contribution in [0.3, 0.4) is 0 Å². The Morgan fingerprint density at radius 1 is 1.03 bits per heavy atom. The summed E-state index contributed by atoms with van der Waals surface area (Å²) in [5, 5.41) is 19.0. The van der Waals surface area contributed by atoms with Crippen molar-refractivity contribution in [3.63, 3.8) is 0 Å². The first-order valence-corrected chi connectivity index (χ1v) is 11.6. The minimum Gasteiger partial charge on any atom is -0.480 e. The summed E-state index contributed by atoms with van der Waals surface area (Å²) in [6.07, 6.45) is 1.82. The van der Waals surface area contributed by atoms with E-state index in [-0.39, 0.29) is 43.0 Å². The van der Waals surface area contributed by atoms with Crippen molar-refractivity contribution >= 4 is 29.4 Å². The third-order valence-electron chi connectivity index (χ3n) is 5.92. The Kier molecular flexibility index (Phi) is 9.27. The minimum absolute atomic E-state index is 0.0108. The number of carboxylic acids is 1. The smallest absolute Gasteiger partial charge is 0.326 e.